The van der Waals surface area contributed by atoms with Crippen LogP contribution in [0, 0.1) is 17.3 Å². The summed E-state index contributed by atoms with van der Waals surface area (Å²) in [5.74, 6) is 2.07. The average Bonchev–Trinajstić information content (AvgIpc) is 2.78. The summed E-state index contributed by atoms with van der Waals surface area (Å²) in [4.78, 5) is 12.2. The fourth-order valence-corrected chi connectivity index (χ4v) is 3.64. The highest BCUT2D eigenvalue weighted by Crippen LogP contribution is 2.68. The Morgan fingerprint density at radius 1 is 1.35 bits per heavy atom. The third kappa shape index (κ3) is 1.84. The molecule has 106 valence electrons. The van der Waals surface area contributed by atoms with Gasteiger partial charge in [-0.05, 0) is 36.3 Å². The summed E-state index contributed by atoms with van der Waals surface area (Å²) in [6, 6.07) is 7.79. The van der Waals surface area contributed by atoms with Gasteiger partial charge < -0.3 is 10.1 Å². The maximum atomic E-state index is 12.2. The number of methoxy groups -OCH3 is 1. The number of fused-ring (bicyclic) bond motifs is 1. The van der Waals surface area contributed by atoms with E-state index >= 15 is 0 Å². The molecule has 1 aromatic carbocycles. The van der Waals surface area contributed by atoms with Gasteiger partial charge in [-0.25, -0.2) is 0 Å². The molecule has 1 N–H and O–H groups in total. The predicted octanol–water partition coefficient (Wildman–Crippen LogP) is 3.63. The van der Waals surface area contributed by atoms with E-state index in [2.05, 4.69) is 19.2 Å². The van der Waals surface area contributed by atoms with Gasteiger partial charge in [0.25, 0.3) is 0 Å². The van der Waals surface area contributed by atoms with Gasteiger partial charge in [0.05, 0.1) is 12.8 Å². The van der Waals surface area contributed by atoms with E-state index in [9.17, 15) is 4.79 Å². The molecule has 0 aliphatic heterocycles. The minimum atomic E-state index is 0.285. The van der Waals surface area contributed by atoms with Gasteiger partial charge in [-0.1, -0.05) is 26.0 Å². The third-order valence-electron chi connectivity index (χ3n) is 4.90. The molecule has 0 aromatic heterocycles. The van der Waals surface area contributed by atoms with Gasteiger partial charge in [-0.15, -0.1) is 0 Å². The minimum Gasteiger partial charge on any atom is -0.495 e. The highest BCUT2D eigenvalue weighted by Gasteiger charge is 2.65. The molecule has 0 bridgehead atoms. The number of nitrogens with one attached hydrogen (secondary N) is 1. The van der Waals surface area contributed by atoms with Gasteiger partial charge in [0, 0.05) is 17.7 Å². The lowest BCUT2D eigenvalue weighted by atomic mass is 9.95. The van der Waals surface area contributed by atoms with Crippen LogP contribution in [-0.2, 0) is 4.79 Å². The molecule has 2 saturated carbocycles. The molecule has 0 spiro atoms. The largest absolute Gasteiger partial charge is 0.495 e. The van der Waals surface area contributed by atoms with Crippen molar-refractivity contribution in [2.24, 2.45) is 17.3 Å². The normalized spacial score (nSPS) is 28.9. The molecule has 3 heteroatoms. The number of hydrogen-bond acceptors (Lipinski definition) is 3. The van der Waals surface area contributed by atoms with Gasteiger partial charge in [-0.3, -0.25) is 4.79 Å². The van der Waals surface area contributed by atoms with Crippen LogP contribution in [0.3, 0.4) is 0 Å². The first-order chi connectivity index (χ1) is 9.46. The van der Waals surface area contributed by atoms with E-state index in [1.165, 1.54) is 0 Å². The molecule has 0 saturated heterocycles. The molecule has 2 atom stereocenters. The van der Waals surface area contributed by atoms with Gasteiger partial charge in [-0.2, -0.15) is 0 Å². The summed E-state index contributed by atoms with van der Waals surface area (Å²) >= 11 is 0. The van der Waals surface area contributed by atoms with E-state index < -0.39 is 0 Å². The van der Waals surface area contributed by atoms with Crippen molar-refractivity contribution in [2.45, 2.75) is 27.2 Å². The number of hydrogen-bond donors (Lipinski definition) is 1. The zero-order valence-corrected chi connectivity index (χ0v) is 12.5. The predicted molar refractivity (Wildman–Crippen MR) is 79.7 cm³/mol. The van der Waals surface area contributed by atoms with Crippen LogP contribution >= 0.6 is 0 Å². The Morgan fingerprint density at radius 2 is 2.05 bits per heavy atom. The van der Waals surface area contributed by atoms with Crippen LogP contribution in [0.4, 0.5) is 5.69 Å². The van der Waals surface area contributed by atoms with E-state index in [1.54, 1.807) is 7.11 Å². The quantitative estimate of drug-likeness (QED) is 0.853. The number of rotatable bonds is 3. The Labute approximate surface area is 120 Å². The molecular weight excluding hydrogens is 250 g/mol. The van der Waals surface area contributed by atoms with Crippen molar-refractivity contribution in [3.8, 4) is 5.75 Å². The van der Waals surface area contributed by atoms with E-state index in [0.29, 0.717) is 24.0 Å². The first kappa shape index (κ1) is 13.2. The third-order valence-corrected chi connectivity index (χ3v) is 4.90. The second-order valence-electron chi connectivity index (χ2n) is 6.40. The Morgan fingerprint density at radius 3 is 2.70 bits per heavy atom. The molecule has 0 unspecified atom stereocenters. The molecule has 20 heavy (non-hydrogen) atoms. The van der Waals surface area contributed by atoms with Crippen molar-refractivity contribution in [3.63, 3.8) is 0 Å². The van der Waals surface area contributed by atoms with E-state index in [0.717, 1.165) is 22.7 Å². The van der Waals surface area contributed by atoms with Crippen LogP contribution in [0.5, 0.6) is 5.75 Å². The first-order valence-electron chi connectivity index (χ1n) is 7.11. The van der Waals surface area contributed by atoms with Crippen molar-refractivity contribution in [1.82, 2.24) is 0 Å². The second kappa shape index (κ2) is 4.37. The summed E-state index contributed by atoms with van der Waals surface area (Å²) in [5, 5.41) is 3.36. The molecule has 0 heterocycles. The lowest BCUT2D eigenvalue weighted by Crippen LogP contribution is -2.12. The molecule has 0 amide bonds. The number of para-hydroxylation sites is 2. The van der Waals surface area contributed by atoms with E-state index in [1.807, 2.05) is 31.2 Å². The molecule has 3 rings (SSSR count). The van der Waals surface area contributed by atoms with E-state index in [4.69, 9.17) is 4.74 Å². The summed E-state index contributed by atoms with van der Waals surface area (Å²) in [6.45, 7) is 6.51. The fourth-order valence-electron chi connectivity index (χ4n) is 3.64. The number of allylic oxidation sites excluding steroid dienone is 2. The molecular formula is C17H21NO2. The number of Topliss-reactive ketones (excluding diaryl/α,β-unsaturated/α-hetero) is 1. The summed E-state index contributed by atoms with van der Waals surface area (Å²) in [7, 11) is 1.66. The van der Waals surface area contributed by atoms with Crippen LogP contribution in [0.15, 0.2) is 35.5 Å². The Balaban J connectivity index is 1.91. The highest BCUT2D eigenvalue weighted by molar-refractivity contribution is 6.01. The van der Waals surface area contributed by atoms with Crippen molar-refractivity contribution in [2.75, 3.05) is 12.4 Å². The van der Waals surface area contributed by atoms with Crippen LogP contribution in [0.1, 0.15) is 27.2 Å². The van der Waals surface area contributed by atoms with Crippen molar-refractivity contribution in [1.29, 1.82) is 0 Å². The topological polar surface area (TPSA) is 38.3 Å². The summed E-state index contributed by atoms with van der Waals surface area (Å²) in [6.07, 6.45) is 0.706. The van der Waals surface area contributed by atoms with Crippen LogP contribution in [0.25, 0.3) is 0 Å². The van der Waals surface area contributed by atoms with Gasteiger partial charge in [0.15, 0.2) is 5.78 Å². The van der Waals surface area contributed by atoms with Gasteiger partial charge >= 0.3 is 0 Å². The first-order valence-corrected chi connectivity index (χ1v) is 7.11. The van der Waals surface area contributed by atoms with Gasteiger partial charge in [0.1, 0.15) is 5.75 Å². The molecule has 3 nitrogen and oxygen atoms in total. The standard InChI is InChI=1S/C17H21NO2/c1-10(18-12-7-5-6-8-14(12)20-4)15-13(19)9-11-16(15)17(11,2)3/h5-8,11,16,18H,9H2,1-4H3/t11-,16-/m1/s1. The smallest absolute Gasteiger partial charge is 0.161 e. The maximum absolute atomic E-state index is 12.2. The highest BCUT2D eigenvalue weighted by atomic mass is 16.5. The van der Waals surface area contributed by atoms with Crippen molar-refractivity contribution in [3.05, 3.63) is 35.5 Å². The number of carbonyl (C=O) groups excluding carboxylic acids is 1. The number of ether oxygens (including phenoxy) is 1. The Bertz CT molecular complexity index is 601. The lowest BCUT2D eigenvalue weighted by Gasteiger charge is -2.16. The van der Waals surface area contributed by atoms with Gasteiger partial charge in [0.2, 0.25) is 0 Å². The SMILES string of the molecule is COc1ccccc1NC(C)=C1C(=O)C[C@@H]2[C@H]1C2(C)C. The molecule has 1 aromatic rings. The lowest BCUT2D eigenvalue weighted by molar-refractivity contribution is -0.115. The zero-order valence-electron chi connectivity index (χ0n) is 12.5. The Kier molecular flexibility index (Phi) is 2.89. The van der Waals surface area contributed by atoms with Crippen molar-refractivity contribution < 1.29 is 9.53 Å². The van der Waals surface area contributed by atoms with Crippen LogP contribution in [-0.4, -0.2) is 12.9 Å². The average molecular weight is 271 g/mol. The monoisotopic (exact) mass is 271 g/mol. The summed E-state index contributed by atoms with van der Waals surface area (Å²) < 4.78 is 5.34. The summed E-state index contributed by atoms with van der Waals surface area (Å²) in [5.41, 5.74) is 3.16. The van der Waals surface area contributed by atoms with E-state index in [-0.39, 0.29) is 5.41 Å². The molecule has 2 aliphatic rings. The van der Waals surface area contributed by atoms with Crippen molar-refractivity contribution >= 4 is 11.5 Å². The molecule has 2 aliphatic carbocycles. The Hall–Kier alpha value is -1.77. The van der Waals surface area contributed by atoms with Crippen LogP contribution < -0.4 is 10.1 Å². The molecule has 2 fully saturated rings. The van der Waals surface area contributed by atoms with Crippen LogP contribution in [0.2, 0.25) is 0 Å². The number of ketones is 1. The maximum Gasteiger partial charge on any atom is 0.161 e. The zero-order chi connectivity index (χ0) is 14.5. The number of anilines is 1. The second-order valence-corrected chi connectivity index (χ2v) is 6.40. The number of benzene rings is 1. The fraction of sp³-hybridized carbons (Fsp3) is 0.471. The molecule has 0 radical (unpaired) electrons. The number of carbonyl (C=O) groups is 1. The minimum absolute atomic E-state index is 0.285.